The standard InChI is InChI=1S/C18H20F3N7O/c19-18(20,21)10-24-13-1-3-14(4-2-13)26-17(29)15-16-12(5-6-23-15)9-25-28(16)27-8-7-22-11-27/h5-9,11,13-14,24H,1-4,10H2,(H,26,29). The summed E-state index contributed by atoms with van der Waals surface area (Å²) in [7, 11) is 0. The molecule has 1 amide bonds. The number of rotatable bonds is 5. The number of amides is 1. The van der Waals surface area contributed by atoms with E-state index in [2.05, 4.69) is 25.7 Å². The highest BCUT2D eigenvalue weighted by Crippen LogP contribution is 2.22. The smallest absolute Gasteiger partial charge is 0.348 e. The van der Waals surface area contributed by atoms with E-state index in [-0.39, 0.29) is 23.7 Å². The first-order valence-electron chi connectivity index (χ1n) is 9.33. The van der Waals surface area contributed by atoms with E-state index in [0.717, 1.165) is 5.39 Å². The minimum absolute atomic E-state index is 0.104. The fourth-order valence-corrected chi connectivity index (χ4v) is 3.62. The third kappa shape index (κ3) is 4.39. The van der Waals surface area contributed by atoms with Gasteiger partial charge in [-0.1, -0.05) is 0 Å². The summed E-state index contributed by atoms with van der Waals surface area (Å²) in [5, 5.41) is 10.6. The largest absolute Gasteiger partial charge is 0.401 e. The van der Waals surface area contributed by atoms with Crippen molar-refractivity contribution in [3.8, 4) is 0 Å². The molecule has 0 spiro atoms. The second-order valence-corrected chi connectivity index (χ2v) is 7.09. The molecule has 0 radical (unpaired) electrons. The SMILES string of the molecule is O=C(NC1CCC(NCC(F)(F)F)CC1)c1nccc2cnn(-n3ccnc3)c12. The number of hydrogen-bond acceptors (Lipinski definition) is 5. The molecule has 3 heterocycles. The van der Waals surface area contributed by atoms with Crippen molar-refractivity contribution in [1.82, 2.24) is 35.2 Å². The van der Waals surface area contributed by atoms with Crippen LogP contribution in [0.15, 0.2) is 37.2 Å². The van der Waals surface area contributed by atoms with Crippen molar-refractivity contribution in [3.63, 3.8) is 0 Å². The quantitative estimate of drug-likeness (QED) is 0.676. The van der Waals surface area contributed by atoms with Crippen LogP contribution in [0.2, 0.25) is 0 Å². The van der Waals surface area contributed by atoms with Gasteiger partial charge in [-0.05, 0) is 31.7 Å². The number of carbonyl (C=O) groups is 1. The molecule has 1 fully saturated rings. The van der Waals surface area contributed by atoms with E-state index in [1.54, 1.807) is 46.6 Å². The predicted molar refractivity (Wildman–Crippen MR) is 98.1 cm³/mol. The summed E-state index contributed by atoms with van der Waals surface area (Å²) >= 11 is 0. The zero-order valence-corrected chi connectivity index (χ0v) is 15.4. The molecule has 29 heavy (non-hydrogen) atoms. The number of nitrogens with one attached hydrogen (secondary N) is 2. The number of halogens is 3. The Morgan fingerprint density at radius 2 is 1.93 bits per heavy atom. The van der Waals surface area contributed by atoms with Gasteiger partial charge in [0.15, 0.2) is 5.69 Å². The average molecular weight is 407 g/mol. The fourth-order valence-electron chi connectivity index (χ4n) is 3.62. The molecule has 0 unspecified atom stereocenters. The van der Waals surface area contributed by atoms with Crippen LogP contribution in [-0.2, 0) is 0 Å². The molecule has 3 aromatic rings. The van der Waals surface area contributed by atoms with Gasteiger partial charge in [0.2, 0.25) is 0 Å². The Hall–Kier alpha value is -2.95. The van der Waals surface area contributed by atoms with Crippen LogP contribution in [0.4, 0.5) is 13.2 Å². The first kappa shape index (κ1) is 19.4. The maximum atomic E-state index is 12.9. The highest BCUT2D eigenvalue weighted by atomic mass is 19.4. The summed E-state index contributed by atoms with van der Waals surface area (Å²) in [6.45, 7) is -0.987. The average Bonchev–Trinajstić information content (AvgIpc) is 3.36. The number of alkyl halides is 3. The molecule has 0 bridgehead atoms. The van der Waals surface area contributed by atoms with E-state index in [0.29, 0.717) is 31.2 Å². The van der Waals surface area contributed by atoms with Crippen LogP contribution >= 0.6 is 0 Å². The molecular formula is C18H20F3N7O. The molecule has 1 aliphatic rings. The zero-order valence-electron chi connectivity index (χ0n) is 15.4. The van der Waals surface area contributed by atoms with Crippen molar-refractivity contribution < 1.29 is 18.0 Å². The maximum Gasteiger partial charge on any atom is 0.401 e. The minimum Gasteiger partial charge on any atom is -0.348 e. The van der Waals surface area contributed by atoms with E-state index in [1.807, 2.05) is 0 Å². The fraction of sp³-hybridized carbons (Fsp3) is 0.444. The van der Waals surface area contributed by atoms with Gasteiger partial charge in [0.1, 0.15) is 11.8 Å². The molecule has 0 aliphatic heterocycles. The number of fused-ring (bicyclic) bond motifs is 1. The third-order valence-electron chi connectivity index (χ3n) is 5.04. The Bertz CT molecular complexity index is 975. The van der Waals surface area contributed by atoms with Crippen molar-refractivity contribution in [2.75, 3.05) is 6.54 Å². The van der Waals surface area contributed by atoms with Crippen LogP contribution in [0, 0.1) is 0 Å². The molecule has 3 aromatic heterocycles. The monoisotopic (exact) mass is 407 g/mol. The molecule has 0 aromatic carbocycles. The number of hydrogen-bond donors (Lipinski definition) is 2. The van der Waals surface area contributed by atoms with E-state index in [1.165, 1.54) is 0 Å². The van der Waals surface area contributed by atoms with E-state index in [9.17, 15) is 18.0 Å². The lowest BCUT2D eigenvalue weighted by Gasteiger charge is -2.30. The lowest BCUT2D eigenvalue weighted by atomic mass is 9.91. The van der Waals surface area contributed by atoms with Gasteiger partial charge in [-0.25, -0.2) is 14.6 Å². The van der Waals surface area contributed by atoms with Crippen LogP contribution in [0.5, 0.6) is 0 Å². The lowest BCUT2D eigenvalue weighted by molar-refractivity contribution is -0.126. The van der Waals surface area contributed by atoms with Gasteiger partial charge in [-0.3, -0.25) is 4.79 Å². The Morgan fingerprint density at radius 1 is 1.17 bits per heavy atom. The van der Waals surface area contributed by atoms with Crippen LogP contribution in [-0.4, -0.2) is 55.2 Å². The van der Waals surface area contributed by atoms with Crippen molar-refractivity contribution in [3.05, 3.63) is 42.9 Å². The van der Waals surface area contributed by atoms with Crippen LogP contribution in [0.3, 0.4) is 0 Å². The molecule has 0 saturated heterocycles. The van der Waals surface area contributed by atoms with Crippen LogP contribution in [0.1, 0.15) is 36.2 Å². The Balaban J connectivity index is 1.43. The van der Waals surface area contributed by atoms with Crippen molar-refractivity contribution in [2.24, 2.45) is 0 Å². The number of nitrogens with zero attached hydrogens (tertiary/aromatic N) is 5. The third-order valence-corrected chi connectivity index (χ3v) is 5.04. The number of carbonyl (C=O) groups excluding carboxylic acids is 1. The lowest BCUT2D eigenvalue weighted by Crippen LogP contribution is -2.44. The molecule has 2 N–H and O–H groups in total. The van der Waals surface area contributed by atoms with Crippen molar-refractivity contribution in [1.29, 1.82) is 0 Å². The highest BCUT2D eigenvalue weighted by molar-refractivity contribution is 6.03. The van der Waals surface area contributed by atoms with Crippen LogP contribution in [0.25, 0.3) is 10.9 Å². The van der Waals surface area contributed by atoms with Gasteiger partial charge in [0, 0.05) is 36.1 Å². The van der Waals surface area contributed by atoms with Crippen molar-refractivity contribution in [2.45, 2.75) is 43.9 Å². The summed E-state index contributed by atoms with van der Waals surface area (Å²) in [4.78, 5) is 22.7. The number of pyridine rings is 1. The molecule has 8 nitrogen and oxygen atoms in total. The van der Waals surface area contributed by atoms with Gasteiger partial charge in [0.25, 0.3) is 5.91 Å². The highest BCUT2D eigenvalue weighted by Gasteiger charge is 2.30. The summed E-state index contributed by atoms with van der Waals surface area (Å²) in [6.07, 6.45) is 6.23. The molecular weight excluding hydrogens is 387 g/mol. The second kappa shape index (κ2) is 7.82. The first-order chi connectivity index (χ1) is 13.9. The summed E-state index contributed by atoms with van der Waals surface area (Å²) in [5.41, 5.74) is 0.801. The van der Waals surface area contributed by atoms with Gasteiger partial charge >= 0.3 is 6.18 Å². The van der Waals surface area contributed by atoms with Gasteiger partial charge in [-0.15, -0.1) is 0 Å². The predicted octanol–water partition coefficient (Wildman–Crippen LogP) is 2.13. The normalized spacial score (nSPS) is 20.1. The van der Waals surface area contributed by atoms with E-state index in [4.69, 9.17) is 0 Å². The van der Waals surface area contributed by atoms with Crippen molar-refractivity contribution >= 4 is 16.8 Å². The van der Waals surface area contributed by atoms with Gasteiger partial charge < -0.3 is 10.6 Å². The second-order valence-electron chi connectivity index (χ2n) is 7.09. The molecule has 11 heteroatoms. The topological polar surface area (TPSA) is 89.7 Å². The van der Waals surface area contributed by atoms with E-state index < -0.39 is 12.7 Å². The van der Waals surface area contributed by atoms with E-state index >= 15 is 0 Å². The zero-order chi connectivity index (χ0) is 20.4. The molecule has 4 rings (SSSR count). The number of imidazole rings is 1. The minimum atomic E-state index is -4.21. The van der Waals surface area contributed by atoms with Gasteiger partial charge in [-0.2, -0.15) is 23.1 Å². The Kier molecular flexibility index (Phi) is 5.22. The Labute approximate surface area is 164 Å². The maximum absolute atomic E-state index is 12.9. The molecule has 154 valence electrons. The summed E-state index contributed by atoms with van der Waals surface area (Å²) in [5.74, 6) is -0.329. The van der Waals surface area contributed by atoms with Gasteiger partial charge in [0.05, 0.1) is 12.7 Å². The molecule has 1 saturated carbocycles. The summed E-state index contributed by atoms with van der Waals surface area (Å²) in [6, 6.07) is 1.48. The van der Waals surface area contributed by atoms with Crippen LogP contribution < -0.4 is 10.6 Å². The number of aromatic nitrogens is 5. The molecule has 0 atom stereocenters. The first-order valence-corrected chi connectivity index (χ1v) is 9.33. The Morgan fingerprint density at radius 3 is 2.62 bits per heavy atom. The molecule has 1 aliphatic carbocycles. The summed E-state index contributed by atoms with van der Waals surface area (Å²) < 4.78 is 38.7.